The van der Waals surface area contributed by atoms with E-state index in [2.05, 4.69) is 79.9 Å². The highest BCUT2D eigenvalue weighted by atomic mass is 31.2. The van der Waals surface area contributed by atoms with Crippen molar-refractivity contribution >= 4 is 25.7 Å². The van der Waals surface area contributed by atoms with E-state index in [9.17, 15) is 34.1 Å². The van der Waals surface area contributed by atoms with Crippen LogP contribution in [0.4, 0.5) is 0 Å². The summed E-state index contributed by atoms with van der Waals surface area (Å²) in [5, 5.41) is 21.8. The van der Waals surface area contributed by atoms with E-state index in [0.29, 0.717) is 19.3 Å². The van der Waals surface area contributed by atoms with Crippen molar-refractivity contribution < 1.29 is 47.8 Å². The predicted molar refractivity (Wildman–Crippen MR) is 240 cm³/mol. The zero-order valence-corrected chi connectivity index (χ0v) is 37.4. The number of carbonyl (C=O) groups excluding carboxylic acids is 2. The molecule has 338 valence electrons. The number of hydrogen-bond acceptors (Lipinski definition) is 8. The molecule has 3 unspecified atom stereocenters. The van der Waals surface area contributed by atoms with E-state index in [1.807, 2.05) is 12.2 Å². The van der Waals surface area contributed by atoms with Gasteiger partial charge in [0.15, 0.2) is 6.04 Å². The number of aliphatic hydroxyl groups is 1. The number of rotatable bonds is 41. The van der Waals surface area contributed by atoms with Gasteiger partial charge < -0.3 is 25.2 Å². The van der Waals surface area contributed by atoms with Crippen LogP contribution in [0.25, 0.3) is 0 Å². The first-order valence-corrected chi connectivity index (χ1v) is 24.0. The number of esters is 1. The second-order valence-corrected chi connectivity index (χ2v) is 16.3. The number of nitrogens with one attached hydrogen (secondary N) is 1. The lowest BCUT2D eigenvalue weighted by atomic mass is 10.1. The summed E-state index contributed by atoms with van der Waals surface area (Å²) in [5.41, 5.74) is 0. The maximum atomic E-state index is 12.3. The van der Waals surface area contributed by atoms with Crippen molar-refractivity contribution in [2.75, 3.05) is 19.8 Å². The van der Waals surface area contributed by atoms with E-state index in [1.165, 1.54) is 51.4 Å². The fraction of sp³-hybridized carbons (Fsp3) is 0.681. The number of aliphatic carboxylic acids is 1. The van der Waals surface area contributed by atoms with E-state index in [-0.39, 0.29) is 12.8 Å². The Labute approximate surface area is 357 Å². The van der Waals surface area contributed by atoms with E-state index in [0.717, 1.165) is 77.0 Å². The first-order chi connectivity index (χ1) is 28.6. The molecule has 12 heteroatoms. The third kappa shape index (κ3) is 41.4. The van der Waals surface area contributed by atoms with Crippen LogP contribution in [0.15, 0.2) is 72.9 Å². The predicted octanol–water partition coefficient (Wildman–Crippen LogP) is 11.7. The van der Waals surface area contributed by atoms with Gasteiger partial charge in [0.05, 0.1) is 13.2 Å². The van der Waals surface area contributed by atoms with Crippen LogP contribution < -0.4 is 5.32 Å². The third-order valence-corrected chi connectivity index (χ3v) is 10.2. The molecule has 0 heterocycles. The second-order valence-electron chi connectivity index (χ2n) is 14.9. The Hall–Kier alpha value is -3.08. The summed E-state index contributed by atoms with van der Waals surface area (Å²) in [5.74, 6) is -2.45. The van der Waals surface area contributed by atoms with E-state index >= 15 is 0 Å². The van der Waals surface area contributed by atoms with Gasteiger partial charge in [-0.1, -0.05) is 151 Å². The number of carboxylic acid groups (broad SMARTS) is 1. The lowest BCUT2D eigenvalue weighted by Crippen LogP contribution is -2.43. The van der Waals surface area contributed by atoms with E-state index in [4.69, 9.17) is 13.8 Å². The normalized spacial score (nSPS) is 14.4. The van der Waals surface area contributed by atoms with Crippen molar-refractivity contribution in [1.29, 1.82) is 0 Å². The summed E-state index contributed by atoms with van der Waals surface area (Å²) < 4.78 is 26.8. The number of carbonyl (C=O) groups is 3. The van der Waals surface area contributed by atoms with Gasteiger partial charge in [-0.15, -0.1) is 0 Å². The zero-order chi connectivity index (χ0) is 43.5. The van der Waals surface area contributed by atoms with Crippen molar-refractivity contribution in [3.8, 4) is 0 Å². The standard InChI is InChI=1S/C47H80NO10P/c1-3-5-7-9-11-13-15-17-19-21-23-24-26-28-30-32-34-36-38-45(50)48-44(47(52)53)42-58-59(54,55)57-41-43(49)40-56-46(51)39-37-35-33-31-29-27-25-22-20-18-16-14-12-10-8-6-4-2/h12-15,18-21,25,27,31,33,43-44,49H,3-11,16-17,22-24,26,28-30,32,34-42H2,1-2H3,(H,48,50)(H,52,53)(H,54,55)/b14-12-,15-13-,20-18-,21-19-,27-25-,33-31-. The first kappa shape index (κ1) is 55.9. The fourth-order valence-corrected chi connectivity index (χ4v) is 6.46. The molecule has 0 fully saturated rings. The Balaban J connectivity index is 3.99. The van der Waals surface area contributed by atoms with Crippen LogP contribution in [0.2, 0.25) is 0 Å². The van der Waals surface area contributed by atoms with Crippen molar-refractivity contribution in [2.45, 2.75) is 187 Å². The van der Waals surface area contributed by atoms with Gasteiger partial charge in [0.2, 0.25) is 5.91 Å². The topological polar surface area (TPSA) is 169 Å². The van der Waals surface area contributed by atoms with Crippen LogP contribution in [0.1, 0.15) is 174 Å². The Morgan fingerprint density at radius 2 is 0.949 bits per heavy atom. The van der Waals surface area contributed by atoms with Crippen molar-refractivity contribution in [3.63, 3.8) is 0 Å². The van der Waals surface area contributed by atoms with Gasteiger partial charge in [-0.2, -0.15) is 0 Å². The summed E-state index contributed by atoms with van der Waals surface area (Å²) in [6, 6.07) is -1.56. The van der Waals surface area contributed by atoms with Gasteiger partial charge in [0.25, 0.3) is 0 Å². The Morgan fingerprint density at radius 1 is 0.542 bits per heavy atom. The van der Waals surface area contributed by atoms with Crippen LogP contribution in [0, 0.1) is 0 Å². The zero-order valence-electron chi connectivity index (χ0n) is 36.5. The Kier molecular flexibility index (Phi) is 39.5. The first-order valence-electron chi connectivity index (χ1n) is 22.5. The molecule has 0 aromatic rings. The molecule has 0 saturated carbocycles. The second kappa shape index (κ2) is 41.6. The summed E-state index contributed by atoms with van der Waals surface area (Å²) in [6.07, 6.45) is 49.2. The number of amides is 1. The number of ether oxygens (including phenoxy) is 1. The van der Waals surface area contributed by atoms with Gasteiger partial charge in [-0.25, -0.2) is 9.36 Å². The minimum absolute atomic E-state index is 0.129. The van der Waals surface area contributed by atoms with Gasteiger partial charge in [-0.05, 0) is 83.5 Å². The van der Waals surface area contributed by atoms with Gasteiger partial charge in [0.1, 0.15) is 12.7 Å². The number of hydrogen-bond donors (Lipinski definition) is 4. The van der Waals surface area contributed by atoms with E-state index in [1.54, 1.807) is 0 Å². The molecule has 0 aliphatic rings. The maximum Gasteiger partial charge on any atom is 0.472 e. The average molecular weight is 850 g/mol. The lowest BCUT2D eigenvalue weighted by molar-refractivity contribution is -0.147. The average Bonchev–Trinajstić information content (AvgIpc) is 3.21. The SMILES string of the molecule is CCCCC/C=C\C/C=C\C/C=C\C/C=C\CCCC(=O)OCC(O)COP(=O)(O)OCC(NC(=O)CCCCCCCCC/C=C\C/C=C\CCCCCC)C(=O)O. The van der Waals surface area contributed by atoms with Crippen LogP contribution in [0.5, 0.6) is 0 Å². The van der Waals surface area contributed by atoms with Crippen molar-refractivity contribution in [2.24, 2.45) is 0 Å². The molecule has 59 heavy (non-hydrogen) atoms. The molecule has 4 N–H and O–H groups in total. The van der Waals surface area contributed by atoms with Gasteiger partial charge >= 0.3 is 19.8 Å². The molecular formula is C47H80NO10P. The number of allylic oxidation sites excluding steroid dienone is 12. The molecule has 0 rings (SSSR count). The Morgan fingerprint density at radius 3 is 1.46 bits per heavy atom. The van der Waals surface area contributed by atoms with Crippen molar-refractivity contribution in [3.05, 3.63) is 72.9 Å². The summed E-state index contributed by atoms with van der Waals surface area (Å²) in [7, 11) is -4.78. The summed E-state index contributed by atoms with van der Waals surface area (Å²) >= 11 is 0. The number of carboxylic acids is 1. The summed E-state index contributed by atoms with van der Waals surface area (Å²) in [4.78, 5) is 45.9. The number of aliphatic hydroxyl groups excluding tert-OH is 1. The smallest absolute Gasteiger partial charge is 0.472 e. The molecule has 0 radical (unpaired) electrons. The molecule has 0 spiro atoms. The molecule has 0 aliphatic heterocycles. The highest BCUT2D eigenvalue weighted by molar-refractivity contribution is 7.47. The molecule has 3 atom stereocenters. The highest BCUT2D eigenvalue weighted by Gasteiger charge is 2.28. The molecule has 1 amide bonds. The molecule has 0 aliphatic carbocycles. The molecular weight excluding hydrogens is 769 g/mol. The Bertz CT molecular complexity index is 1280. The molecule has 0 saturated heterocycles. The van der Waals surface area contributed by atoms with E-state index < -0.39 is 57.6 Å². The van der Waals surface area contributed by atoms with Crippen LogP contribution in [0.3, 0.4) is 0 Å². The molecule has 0 bridgehead atoms. The highest BCUT2D eigenvalue weighted by Crippen LogP contribution is 2.43. The molecule has 0 aromatic heterocycles. The third-order valence-electron chi connectivity index (χ3n) is 9.22. The maximum absolute atomic E-state index is 12.3. The summed E-state index contributed by atoms with van der Waals surface area (Å²) in [6.45, 7) is 2.48. The number of phosphoric acid groups is 1. The van der Waals surface area contributed by atoms with Gasteiger partial charge in [-0.3, -0.25) is 18.6 Å². The molecule has 0 aromatic carbocycles. The van der Waals surface area contributed by atoms with Crippen LogP contribution in [-0.4, -0.2) is 64.9 Å². The lowest BCUT2D eigenvalue weighted by Gasteiger charge is -2.18. The minimum atomic E-state index is -4.78. The monoisotopic (exact) mass is 850 g/mol. The van der Waals surface area contributed by atoms with Crippen molar-refractivity contribution in [1.82, 2.24) is 5.32 Å². The number of phosphoric ester groups is 1. The fourth-order valence-electron chi connectivity index (χ4n) is 5.69. The number of unbranched alkanes of at least 4 members (excludes halogenated alkanes) is 15. The quantitative estimate of drug-likeness (QED) is 0.0201. The van der Waals surface area contributed by atoms with Crippen LogP contribution >= 0.6 is 7.82 Å². The molecule has 11 nitrogen and oxygen atoms in total. The largest absolute Gasteiger partial charge is 0.480 e. The van der Waals surface area contributed by atoms with Crippen LogP contribution in [-0.2, 0) is 32.7 Å². The van der Waals surface area contributed by atoms with Gasteiger partial charge in [0, 0.05) is 12.8 Å². The minimum Gasteiger partial charge on any atom is -0.480 e.